The maximum atomic E-state index is 12.7. The second-order valence-corrected chi connectivity index (χ2v) is 13.7. The topological polar surface area (TPSA) is 26.3 Å². The van der Waals surface area contributed by atoms with Crippen LogP contribution in [0.1, 0.15) is 106 Å². The lowest BCUT2D eigenvalue weighted by molar-refractivity contribution is -0.148. The molecule has 4 aliphatic carbocycles. The van der Waals surface area contributed by atoms with Crippen molar-refractivity contribution < 1.29 is 9.53 Å². The van der Waals surface area contributed by atoms with Crippen LogP contribution in [0.15, 0.2) is 11.6 Å². The molecule has 0 aromatic heterocycles. The summed E-state index contributed by atoms with van der Waals surface area (Å²) in [6.07, 6.45) is 14.6. The van der Waals surface area contributed by atoms with Gasteiger partial charge in [-0.05, 0) is 90.3 Å². The zero-order chi connectivity index (χ0) is 23.5. The van der Waals surface area contributed by atoms with Gasteiger partial charge in [0.25, 0.3) is 0 Å². The van der Waals surface area contributed by atoms with E-state index in [2.05, 4.69) is 54.5 Å². The van der Waals surface area contributed by atoms with Crippen molar-refractivity contribution in [2.24, 2.45) is 57.7 Å². The molecule has 0 aliphatic heterocycles. The molecular weight excluding hydrogens is 392 g/mol. The molecule has 4 rings (SSSR count). The summed E-state index contributed by atoms with van der Waals surface area (Å²) in [6, 6.07) is 0. The van der Waals surface area contributed by atoms with E-state index in [-0.39, 0.29) is 22.7 Å². The number of hydrogen-bond acceptors (Lipinski definition) is 2. The second kappa shape index (κ2) is 8.46. The number of allylic oxidation sites excluding steroid dienone is 2. The molecule has 0 bridgehead atoms. The molecule has 2 nitrogen and oxygen atoms in total. The third-order valence-electron chi connectivity index (χ3n) is 11.3. The van der Waals surface area contributed by atoms with Crippen molar-refractivity contribution in [1.82, 2.24) is 0 Å². The van der Waals surface area contributed by atoms with E-state index in [1.165, 1.54) is 51.4 Å². The van der Waals surface area contributed by atoms with Gasteiger partial charge in [0.15, 0.2) is 0 Å². The van der Waals surface area contributed by atoms with Gasteiger partial charge in [-0.25, -0.2) is 0 Å². The molecule has 2 heteroatoms. The van der Waals surface area contributed by atoms with Crippen molar-refractivity contribution in [2.75, 3.05) is 7.11 Å². The quantitative estimate of drug-likeness (QED) is 0.307. The summed E-state index contributed by atoms with van der Waals surface area (Å²) in [5.41, 5.74) is 2.20. The molecule has 32 heavy (non-hydrogen) atoms. The first-order chi connectivity index (χ1) is 15.0. The predicted octanol–water partition coefficient (Wildman–Crippen LogP) is 8.06. The molecule has 8 atom stereocenters. The Balaban J connectivity index is 1.54. The van der Waals surface area contributed by atoms with Crippen LogP contribution >= 0.6 is 0 Å². The Morgan fingerprint density at radius 2 is 1.78 bits per heavy atom. The van der Waals surface area contributed by atoms with E-state index in [0.29, 0.717) is 5.41 Å². The van der Waals surface area contributed by atoms with Crippen molar-refractivity contribution in [3.63, 3.8) is 0 Å². The van der Waals surface area contributed by atoms with E-state index in [0.717, 1.165) is 41.9 Å². The van der Waals surface area contributed by atoms with Gasteiger partial charge in [-0.2, -0.15) is 0 Å². The molecule has 0 saturated heterocycles. The van der Waals surface area contributed by atoms with Gasteiger partial charge < -0.3 is 4.74 Å². The second-order valence-electron chi connectivity index (χ2n) is 13.7. The van der Waals surface area contributed by atoms with Crippen molar-refractivity contribution in [3.05, 3.63) is 11.6 Å². The highest BCUT2D eigenvalue weighted by Gasteiger charge is 2.64. The number of carbonyl (C=O) groups is 1. The number of fused-ring (bicyclic) bond motifs is 5. The van der Waals surface area contributed by atoms with Crippen LogP contribution in [0.4, 0.5) is 0 Å². The van der Waals surface area contributed by atoms with Crippen LogP contribution in [0.5, 0.6) is 0 Å². The Morgan fingerprint density at radius 1 is 1.06 bits per heavy atom. The first-order valence-electron chi connectivity index (χ1n) is 13.8. The van der Waals surface area contributed by atoms with Gasteiger partial charge in [0.2, 0.25) is 0 Å². The monoisotopic (exact) mass is 442 g/mol. The number of ether oxygens (including phenoxy) is 1. The Hall–Kier alpha value is -0.790. The Kier molecular flexibility index (Phi) is 6.43. The van der Waals surface area contributed by atoms with Crippen molar-refractivity contribution >= 4 is 5.97 Å². The zero-order valence-corrected chi connectivity index (χ0v) is 22.3. The molecule has 182 valence electrons. The van der Waals surface area contributed by atoms with Gasteiger partial charge in [0.05, 0.1) is 13.0 Å². The summed E-state index contributed by atoms with van der Waals surface area (Å²) in [4.78, 5) is 12.7. The minimum Gasteiger partial charge on any atom is -0.469 e. The molecule has 3 fully saturated rings. The highest BCUT2D eigenvalue weighted by molar-refractivity contribution is 5.75. The van der Waals surface area contributed by atoms with Crippen LogP contribution in [-0.4, -0.2) is 13.1 Å². The number of methoxy groups -OCH3 is 1. The maximum absolute atomic E-state index is 12.7. The van der Waals surface area contributed by atoms with E-state index in [1.807, 2.05) is 0 Å². The minimum atomic E-state index is -0.0727. The van der Waals surface area contributed by atoms with Crippen molar-refractivity contribution in [3.8, 4) is 0 Å². The van der Waals surface area contributed by atoms with Gasteiger partial charge in [-0.15, -0.1) is 0 Å². The highest BCUT2D eigenvalue weighted by Crippen LogP contribution is 2.71. The number of hydrogen-bond donors (Lipinski definition) is 0. The summed E-state index contributed by atoms with van der Waals surface area (Å²) in [6.45, 7) is 17.0. The van der Waals surface area contributed by atoms with Gasteiger partial charge >= 0.3 is 5.97 Å². The smallest absolute Gasteiger partial charge is 0.309 e. The molecule has 0 amide bonds. The van der Waals surface area contributed by atoms with Crippen LogP contribution in [0, 0.1) is 57.7 Å². The van der Waals surface area contributed by atoms with Crippen molar-refractivity contribution in [2.45, 2.75) is 106 Å². The third kappa shape index (κ3) is 3.61. The fraction of sp³-hybridized carbons (Fsp3) is 0.900. The SMILES string of the molecule is COC(=O)[C@H]1C[C@@]2(C)C(=CC[C@H]3[C@H]2CC[C@]2(C)[C@@H]([C@H](C)CCCC(C)C)CC[C@@H]32)C1(C)C. The standard InChI is InChI=1S/C30H50O2/c1-19(2)10-9-11-20(3)22-13-14-23-21-12-15-26-28(4,5)25(27(31)32-8)18-30(26,7)24(21)16-17-29(22,23)6/h15,19-25H,9-14,16-18H2,1-8H3/t20-,21-,22-,23+,24-,25-,29-,30-/m1/s1. The average molecular weight is 443 g/mol. The molecular formula is C30H50O2. The van der Waals surface area contributed by atoms with E-state index in [1.54, 1.807) is 12.7 Å². The van der Waals surface area contributed by atoms with Gasteiger partial charge in [-0.1, -0.05) is 79.4 Å². The normalized spacial score (nSPS) is 43.3. The van der Waals surface area contributed by atoms with E-state index >= 15 is 0 Å². The largest absolute Gasteiger partial charge is 0.469 e. The van der Waals surface area contributed by atoms with Crippen molar-refractivity contribution in [1.29, 1.82) is 0 Å². The predicted molar refractivity (Wildman–Crippen MR) is 133 cm³/mol. The average Bonchev–Trinajstić information content (AvgIpc) is 3.18. The van der Waals surface area contributed by atoms with Crippen LogP contribution in [0.25, 0.3) is 0 Å². The molecule has 3 saturated carbocycles. The summed E-state index contributed by atoms with van der Waals surface area (Å²) in [5.74, 6) is 5.02. The van der Waals surface area contributed by atoms with E-state index in [9.17, 15) is 4.79 Å². The molecule has 0 N–H and O–H groups in total. The lowest BCUT2D eigenvalue weighted by Crippen LogP contribution is -2.49. The van der Waals surface area contributed by atoms with E-state index < -0.39 is 0 Å². The van der Waals surface area contributed by atoms with Crippen LogP contribution in [0.2, 0.25) is 0 Å². The van der Waals surface area contributed by atoms with E-state index in [4.69, 9.17) is 4.74 Å². The Morgan fingerprint density at radius 3 is 2.44 bits per heavy atom. The molecule has 0 aromatic carbocycles. The molecule has 0 aromatic rings. The molecule has 0 spiro atoms. The van der Waals surface area contributed by atoms with Crippen LogP contribution in [0.3, 0.4) is 0 Å². The summed E-state index contributed by atoms with van der Waals surface area (Å²) in [7, 11) is 1.56. The van der Waals surface area contributed by atoms with Crippen LogP contribution in [-0.2, 0) is 9.53 Å². The summed E-state index contributed by atoms with van der Waals surface area (Å²) in [5, 5.41) is 0. The first-order valence-corrected chi connectivity index (χ1v) is 13.8. The fourth-order valence-electron chi connectivity index (χ4n) is 9.77. The molecule has 0 unspecified atom stereocenters. The van der Waals surface area contributed by atoms with Crippen LogP contribution < -0.4 is 0 Å². The number of rotatable bonds is 6. The maximum Gasteiger partial charge on any atom is 0.309 e. The summed E-state index contributed by atoms with van der Waals surface area (Å²) < 4.78 is 5.26. The molecule has 4 aliphatic rings. The number of carbonyl (C=O) groups excluding carboxylic acids is 1. The van der Waals surface area contributed by atoms with Gasteiger partial charge in [0.1, 0.15) is 0 Å². The Labute approximate surface area is 198 Å². The Bertz CT molecular complexity index is 748. The first kappa shape index (κ1) is 24.3. The number of esters is 1. The fourth-order valence-corrected chi connectivity index (χ4v) is 9.77. The van der Waals surface area contributed by atoms with Gasteiger partial charge in [0, 0.05) is 0 Å². The zero-order valence-electron chi connectivity index (χ0n) is 22.3. The summed E-state index contributed by atoms with van der Waals surface area (Å²) >= 11 is 0. The third-order valence-corrected chi connectivity index (χ3v) is 11.3. The lowest BCUT2D eigenvalue weighted by atomic mass is 9.48. The molecule has 0 radical (unpaired) electrons. The lowest BCUT2D eigenvalue weighted by Gasteiger charge is -2.56. The minimum absolute atomic E-state index is 0.000115. The van der Waals surface area contributed by atoms with Gasteiger partial charge in [-0.3, -0.25) is 4.79 Å². The highest BCUT2D eigenvalue weighted by atomic mass is 16.5. The molecule has 0 heterocycles.